The predicted molar refractivity (Wildman–Crippen MR) is 92.4 cm³/mol. The Hall–Kier alpha value is -1.25. The van der Waals surface area contributed by atoms with Crippen LogP contribution < -0.4 is 10.6 Å². The standard InChI is InChI=1S/C14H16BrN3O2S2/c1-8(2)14-18-9(7-21-14)5-16-12(19)6-17-13(20)10-3-4-11(15)22-10/h3-4,7-8H,5-6H2,1-2H3,(H,16,19)(H,17,20). The predicted octanol–water partition coefficient (Wildman–Crippen LogP) is 3.14. The lowest BCUT2D eigenvalue weighted by Crippen LogP contribution is -2.36. The van der Waals surface area contributed by atoms with Crippen LogP contribution in [0.3, 0.4) is 0 Å². The van der Waals surface area contributed by atoms with E-state index in [1.807, 2.05) is 5.38 Å². The van der Waals surface area contributed by atoms with Crippen LogP contribution in [-0.2, 0) is 11.3 Å². The molecule has 0 radical (unpaired) electrons. The monoisotopic (exact) mass is 401 g/mol. The lowest BCUT2D eigenvalue weighted by molar-refractivity contribution is -0.120. The molecule has 0 fully saturated rings. The summed E-state index contributed by atoms with van der Waals surface area (Å²) in [7, 11) is 0. The molecule has 2 aromatic heterocycles. The van der Waals surface area contributed by atoms with E-state index in [9.17, 15) is 9.59 Å². The molecule has 0 unspecified atom stereocenters. The number of carbonyl (C=O) groups excluding carboxylic acids is 2. The van der Waals surface area contributed by atoms with E-state index in [1.54, 1.807) is 23.5 Å². The van der Waals surface area contributed by atoms with E-state index in [2.05, 4.69) is 45.4 Å². The third-order valence-corrected chi connectivity index (χ3v) is 5.55. The molecule has 2 rings (SSSR count). The van der Waals surface area contributed by atoms with Crippen LogP contribution in [0.15, 0.2) is 21.3 Å². The minimum atomic E-state index is -0.249. The Morgan fingerprint density at radius 3 is 2.68 bits per heavy atom. The van der Waals surface area contributed by atoms with E-state index < -0.39 is 0 Å². The Kier molecular flexibility index (Phi) is 6.10. The minimum absolute atomic E-state index is 0.0461. The number of thiophene rings is 1. The average molecular weight is 402 g/mol. The van der Waals surface area contributed by atoms with Crippen molar-refractivity contribution in [3.8, 4) is 0 Å². The molecule has 0 aromatic carbocycles. The van der Waals surface area contributed by atoms with E-state index in [4.69, 9.17) is 0 Å². The minimum Gasteiger partial charge on any atom is -0.349 e. The molecule has 0 aliphatic rings. The van der Waals surface area contributed by atoms with Gasteiger partial charge in [-0.25, -0.2) is 4.98 Å². The molecule has 22 heavy (non-hydrogen) atoms. The zero-order valence-corrected chi connectivity index (χ0v) is 15.4. The highest BCUT2D eigenvalue weighted by atomic mass is 79.9. The molecule has 0 saturated heterocycles. The SMILES string of the molecule is CC(C)c1nc(CNC(=O)CNC(=O)c2ccc(Br)s2)cs1. The van der Waals surface area contributed by atoms with E-state index in [-0.39, 0.29) is 18.4 Å². The Bertz CT molecular complexity index is 667. The molecule has 0 aliphatic carbocycles. The molecule has 2 heterocycles. The van der Waals surface area contributed by atoms with Crippen molar-refractivity contribution in [1.29, 1.82) is 0 Å². The number of hydrogen-bond donors (Lipinski definition) is 2. The van der Waals surface area contributed by atoms with Gasteiger partial charge in [-0.1, -0.05) is 13.8 Å². The zero-order chi connectivity index (χ0) is 16.1. The number of nitrogens with one attached hydrogen (secondary N) is 2. The van der Waals surface area contributed by atoms with Gasteiger partial charge in [0.2, 0.25) is 5.91 Å². The van der Waals surface area contributed by atoms with E-state index >= 15 is 0 Å². The van der Waals surface area contributed by atoms with E-state index in [1.165, 1.54) is 11.3 Å². The lowest BCUT2D eigenvalue weighted by atomic mass is 10.2. The number of halogens is 1. The maximum atomic E-state index is 11.8. The number of amides is 2. The molecule has 8 heteroatoms. The summed E-state index contributed by atoms with van der Waals surface area (Å²) >= 11 is 6.22. The maximum Gasteiger partial charge on any atom is 0.261 e. The highest BCUT2D eigenvalue weighted by Gasteiger charge is 2.11. The van der Waals surface area contributed by atoms with Gasteiger partial charge in [0.1, 0.15) is 0 Å². The van der Waals surface area contributed by atoms with Crippen molar-refractivity contribution in [3.05, 3.63) is 36.9 Å². The van der Waals surface area contributed by atoms with Gasteiger partial charge in [0.05, 0.1) is 32.5 Å². The average Bonchev–Trinajstić information content (AvgIpc) is 3.11. The second kappa shape index (κ2) is 7.85. The van der Waals surface area contributed by atoms with Crippen LogP contribution in [0.5, 0.6) is 0 Å². The van der Waals surface area contributed by atoms with Crippen molar-refractivity contribution in [1.82, 2.24) is 15.6 Å². The Morgan fingerprint density at radius 2 is 2.09 bits per heavy atom. The van der Waals surface area contributed by atoms with Gasteiger partial charge in [-0.05, 0) is 28.1 Å². The van der Waals surface area contributed by atoms with Crippen molar-refractivity contribution in [2.24, 2.45) is 0 Å². The molecular weight excluding hydrogens is 386 g/mol. The first kappa shape index (κ1) is 17.1. The number of carbonyl (C=O) groups is 2. The number of hydrogen-bond acceptors (Lipinski definition) is 5. The molecular formula is C14H16BrN3O2S2. The quantitative estimate of drug-likeness (QED) is 0.780. The van der Waals surface area contributed by atoms with Crippen molar-refractivity contribution in [2.45, 2.75) is 26.3 Å². The van der Waals surface area contributed by atoms with Crippen LogP contribution >= 0.6 is 38.6 Å². The Balaban J connectivity index is 1.74. The summed E-state index contributed by atoms with van der Waals surface area (Å²) in [6.07, 6.45) is 0. The third-order valence-electron chi connectivity index (χ3n) is 2.74. The van der Waals surface area contributed by atoms with Gasteiger partial charge >= 0.3 is 0 Å². The van der Waals surface area contributed by atoms with Crippen LogP contribution in [-0.4, -0.2) is 23.3 Å². The molecule has 0 aliphatic heterocycles. The second-order valence-corrected chi connectivity index (χ2v) is 8.25. The zero-order valence-electron chi connectivity index (χ0n) is 12.2. The molecule has 2 N–H and O–H groups in total. The van der Waals surface area contributed by atoms with E-state index in [0.29, 0.717) is 17.3 Å². The molecule has 2 aromatic rings. The van der Waals surface area contributed by atoms with E-state index in [0.717, 1.165) is 14.5 Å². The summed E-state index contributed by atoms with van der Waals surface area (Å²) in [4.78, 5) is 28.6. The number of aromatic nitrogens is 1. The molecule has 0 spiro atoms. The topological polar surface area (TPSA) is 71.1 Å². The van der Waals surface area contributed by atoms with Crippen molar-refractivity contribution in [2.75, 3.05) is 6.54 Å². The molecule has 5 nitrogen and oxygen atoms in total. The third kappa shape index (κ3) is 4.89. The van der Waals surface area contributed by atoms with Gasteiger partial charge in [0, 0.05) is 11.3 Å². The summed E-state index contributed by atoms with van der Waals surface area (Å²) in [6.45, 7) is 4.50. The first-order valence-electron chi connectivity index (χ1n) is 6.70. The number of thiazole rings is 1. The van der Waals surface area contributed by atoms with Gasteiger partial charge in [0.25, 0.3) is 5.91 Å². The molecule has 0 atom stereocenters. The summed E-state index contributed by atoms with van der Waals surface area (Å²) in [5.74, 6) is -0.0940. The van der Waals surface area contributed by atoms with Gasteiger partial charge in [-0.3, -0.25) is 9.59 Å². The Labute approximate surface area is 145 Å². The largest absolute Gasteiger partial charge is 0.349 e. The van der Waals surface area contributed by atoms with Gasteiger partial charge in [0.15, 0.2) is 0 Å². The summed E-state index contributed by atoms with van der Waals surface area (Å²) in [6, 6.07) is 3.51. The van der Waals surface area contributed by atoms with Crippen LogP contribution in [0.1, 0.15) is 40.1 Å². The van der Waals surface area contributed by atoms with Gasteiger partial charge in [-0.2, -0.15) is 0 Å². The highest BCUT2D eigenvalue weighted by molar-refractivity contribution is 9.11. The van der Waals surface area contributed by atoms with Crippen molar-refractivity contribution in [3.63, 3.8) is 0 Å². The van der Waals surface area contributed by atoms with Crippen molar-refractivity contribution >= 4 is 50.4 Å². The summed E-state index contributed by atoms with van der Waals surface area (Å²) in [5.41, 5.74) is 0.843. The molecule has 0 bridgehead atoms. The maximum absolute atomic E-state index is 11.8. The van der Waals surface area contributed by atoms with Gasteiger partial charge < -0.3 is 10.6 Å². The number of rotatable bonds is 6. The normalized spacial score (nSPS) is 10.7. The molecule has 2 amide bonds. The van der Waals surface area contributed by atoms with Crippen LogP contribution in [0, 0.1) is 0 Å². The smallest absolute Gasteiger partial charge is 0.261 e. The second-order valence-electron chi connectivity index (χ2n) is 4.89. The first-order valence-corrected chi connectivity index (χ1v) is 9.19. The highest BCUT2D eigenvalue weighted by Crippen LogP contribution is 2.21. The van der Waals surface area contributed by atoms with Crippen LogP contribution in [0.4, 0.5) is 0 Å². The fourth-order valence-corrected chi connectivity index (χ4v) is 3.74. The summed E-state index contributed by atoms with van der Waals surface area (Å²) < 4.78 is 0.881. The van der Waals surface area contributed by atoms with Crippen LogP contribution in [0.25, 0.3) is 0 Å². The van der Waals surface area contributed by atoms with Crippen molar-refractivity contribution < 1.29 is 9.59 Å². The molecule has 0 saturated carbocycles. The fourth-order valence-electron chi connectivity index (χ4n) is 1.60. The first-order chi connectivity index (χ1) is 10.5. The van der Waals surface area contributed by atoms with Crippen LogP contribution in [0.2, 0.25) is 0 Å². The number of nitrogens with zero attached hydrogens (tertiary/aromatic N) is 1. The molecule has 118 valence electrons. The fraction of sp³-hybridized carbons (Fsp3) is 0.357. The van der Waals surface area contributed by atoms with Gasteiger partial charge in [-0.15, -0.1) is 22.7 Å². The lowest BCUT2D eigenvalue weighted by Gasteiger charge is -2.05. The Morgan fingerprint density at radius 1 is 1.32 bits per heavy atom. The summed E-state index contributed by atoms with van der Waals surface area (Å²) in [5, 5.41) is 8.34.